The van der Waals surface area contributed by atoms with Gasteiger partial charge in [0.2, 0.25) is 0 Å². The van der Waals surface area contributed by atoms with E-state index in [2.05, 4.69) is 26.1 Å². The Kier molecular flexibility index (Phi) is 5.58. The van der Waals surface area contributed by atoms with Crippen LogP contribution >= 0.6 is 39.0 Å². The molecule has 0 atom stereocenters. The zero-order valence-corrected chi connectivity index (χ0v) is 13.8. The van der Waals surface area contributed by atoms with Gasteiger partial charge in [-0.2, -0.15) is 0 Å². The molecule has 2 heterocycles. The second-order valence-electron chi connectivity index (χ2n) is 3.77. The first-order chi connectivity index (χ1) is 9.61. The molecule has 9 heteroatoms. The van der Waals surface area contributed by atoms with Gasteiger partial charge in [0, 0.05) is 18.1 Å². The standard InChI is InChI=1S/C11H12BrN3O3S2/c1-18-3-2-15-10(7-4-8(12)19-5-7)13-14-11(15)20-6-9(16)17/h4-5H,2-3,6H2,1H3,(H,16,17). The quantitative estimate of drug-likeness (QED) is 0.747. The molecule has 20 heavy (non-hydrogen) atoms. The summed E-state index contributed by atoms with van der Waals surface area (Å²) in [4.78, 5) is 10.7. The van der Waals surface area contributed by atoms with Crippen LogP contribution in [0.25, 0.3) is 11.4 Å². The van der Waals surface area contributed by atoms with E-state index < -0.39 is 5.97 Å². The van der Waals surface area contributed by atoms with Crippen molar-refractivity contribution in [3.63, 3.8) is 0 Å². The van der Waals surface area contributed by atoms with Gasteiger partial charge in [-0.05, 0) is 22.0 Å². The van der Waals surface area contributed by atoms with Gasteiger partial charge in [-0.1, -0.05) is 11.8 Å². The Labute approximate surface area is 132 Å². The third-order valence-corrected chi connectivity index (χ3v) is 4.84. The van der Waals surface area contributed by atoms with Crippen LogP contribution in [-0.2, 0) is 16.1 Å². The first-order valence-electron chi connectivity index (χ1n) is 5.63. The molecule has 0 aromatic carbocycles. The number of aliphatic carboxylic acids is 1. The number of hydrogen-bond donors (Lipinski definition) is 1. The Balaban J connectivity index is 2.28. The van der Waals surface area contributed by atoms with Crippen LogP contribution in [0.3, 0.4) is 0 Å². The molecular formula is C11H12BrN3O3S2. The van der Waals surface area contributed by atoms with Gasteiger partial charge in [0.15, 0.2) is 11.0 Å². The fourth-order valence-corrected chi connectivity index (χ4v) is 3.37. The Morgan fingerprint density at radius 1 is 1.60 bits per heavy atom. The largest absolute Gasteiger partial charge is 0.481 e. The summed E-state index contributed by atoms with van der Waals surface area (Å²) in [6.45, 7) is 1.09. The average Bonchev–Trinajstić information content (AvgIpc) is 2.99. The maximum absolute atomic E-state index is 10.7. The number of halogens is 1. The molecule has 1 N–H and O–H groups in total. The molecule has 0 spiro atoms. The summed E-state index contributed by atoms with van der Waals surface area (Å²) < 4.78 is 7.97. The molecule has 6 nitrogen and oxygen atoms in total. The molecule has 0 unspecified atom stereocenters. The molecule has 0 aliphatic heterocycles. The van der Waals surface area contributed by atoms with Crippen LogP contribution in [0.1, 0.15) is 0 Å². The minimum absolute atomic E-state index is 0.0432. The summed E-state index contributed by atoms with van der Waals surface area (Å²) in [5, 5.41) is 19.6. The monoisotopic (exact) mass is 377 g/mol. The SMILES string of the molecule is COCCn1c(SCC(=O)O)nnc1-c1csc(Br)c1. The lowest BCUT2D eigenvalue weighted by Gasteiger charge is -2.08. The van der Waals surface area contributed by atoms with Crippen molar-refractivity contribution in [2.24, 2.45) is 0 Å². The molecule has 2 aromatic rings. The number of hydrogen-bond acceptors (Lipinski definition) is 6. The van der Waals surface area contributed by atoms with E-state index in [4.69, 9.17) is 9.84 Å². The highest BCUT2D eigenvalue weighted by Crippen LogP contribution is 2.30. The second kappa shape index (κ2) is 7.21. The smallest absolute Gasteiger partial charge is 0.313 e. The van der Waals surface area contributed by atoms with Crippen molar-refractivity contribution in [1.29, 1.82) is 0 Å². The van der Waals surface area contributed by atoms with Crippen LogP contribution in [0.4, 0.5) is 0 Å². The summed E-state index contributed by atoms with van der Waals surface area (Å²) in [6.07, 6.45) is 0. The Morgan fingerprint density at radius 2 is 2.40 bits per heavy atom. The van der Waals surface area contributed by atoms with Crippen LogP contribution in [0, 0.1) is 0 Å². The van der Waals surface area contributed by atoms with Crippen LogP contribution in [0.5, 0.6) is 0 Å². The lowest BCUT2D eigenvalue weighted by atomic mass is 10.3. The van der Waals surface area contributed by atoms with Crippen molar-refractivity contribution in [2.45, 2.75) is 11.7 Å². The first kappa shape index (κ1) is 15.5. The van der Waals surface area contributed by atoms with E-state index in [9.17, 15) is 4.79 Å². The van der Waals surface area contributed by atoms with Crippen molar-refractivity contribution in [1.82, 2.24) is 14.8 Å². The van der Waals surface area contributed by atoms with E-state index in [0.29, 0.717) is 18.3 Å². The second-order valence-corrected chi connectivity index (χ2v) is 7.01. The minimum Gasteiger partial charge on any atom is -0.481 e. The fraction of sp³-hybridized carbons (Fsp3) is 0.364. The van der Waals surface area contributed by atoms with Crippen molar-refractivity contribution in [2.75, 3.05) is 19.5 Å². The summed E-state index contributed by atoms with van der Waals surface area (Å²) in [5.41, 5.74) is 0.952. The van der Waals surface area contributed by atoms with Gasteiger partial charge in [0.25, 0.3) is 0 Å². The van der Waals surface area contributed by atoms with Crippen molar-refractivity contribution < 1.29 is 14.6 Å². The highest BCUT2D eigenvalue weighted by molar-refractivity contribution is 9.11. The molecule has 0 saturated heterocycles. The molecule has 0 saturated carbocycles. The molecule has 0 bridgehead atoms. The van der Waals surface area contributed by atoms with E-state index in [0.717, 1.165) is 26.9 Å². The number of nitrogens with zero attached hydrogens (tertiary/aromatic N) is 3. The third kappa shape index (κ3) is 3.81. The molecule has 0 aliphatic carbocycles. The van der Waals surface area contributed by atoms with Gasteiger partial charge in [0.05, 0.1) is 22.7 Å². The molecule has 0 amide bonds. The van der Waals surface area contributed by atoms with Gasteiger partial charge in [-0.15, -0.1) is 21.5 Å². The highest BCUT2D eigenvalue weighted by atomic mass is 79.9. The number of thiophene rings is 1. The van der Waals surface area contributed by atoms with Gasteiger partial charge >= 0.3 is 5.97 Å². The summed E-state index contributed by atoms with van der Waals surface area (Å²) in [5.74, 6) is -0.202. The number of carbonyl (C=O) groups is 1. The van der Waals surface area contributed by atoms with Gasteiger partial charge < -0.3 is 9.84 Å². The Morgan fingerprint density at radius 3 is 3.00 bits per heavy atom. The lowest BCUT2D eigenvalue weighted by Crippen LogP contribution is -2.08. The number of carboxylic acid groups (broad SMARTS) is 1. The van der Waals surface area contributed by atoms with Crippen LogP contribution in [-0.4, -0.2) is 45.3 Å². The topological polar surface area (TPSA) is 77.2 Å². The Bertz CT molecular complexity index is 600. The normalized spacial score (nSPS) is 10.9. The number of thioether (sulfide) groups is 1. The minimum atomic E-state index is -0.879. The first-order valence-corrected chi connectivity index (χ1v) is 8.28. The fourth-order valence-electron chi connectivity index (χ4n) is 1.55. The van der Waals surface area contributed by atoms with Gasteiger partial charge in [-0.3, -0.25) is 9.36 Å². The Hall–Kier alpha value is -0.900. The van der Waals surface area contributed by atoms with Gasteiger partial charge in [0.1, 0.15) is 0 Å². The van der Waals surface area contributed by atoms with Crippen LogP contribution < -0.4 is 0 Å². The zero-order chi connectivity index (χ0) is 14.5. The zero-order valence-electron chi connectivity index (χ0n) is 10.6. The van der Waals surface area contributed by atoms with Crippen molar-refractivity contribution in [3.8, 4) is 11.4 Å². The van der Waals surface area contributed by atoms with Crippen LogP contribution in [0.2, 0.25) is 0 Å². The molecule has 0 fully saturated rings. The number of aromatic nitrogens is 3. The summed E-state index contributed by atoms with van der Waals surface area (Å²) in [7, 11) is 1.62. The summed E-state index contributed by atoms with van der Waals surface area (Å²) >= 11 is 6.13. The highest BCUT2D eigenvalue weighted by Gasteiger charge is 2.16. The lowest BCUT2D eigenvalue weighted by molar-refractivity contribution is -0.133. The van der Waals surface area contributed by atoms with E-state index in [1.165, 1.54) is 0 Å². The number of methoxy groups -OCH3 is 1. The van der Waals surface area contributed by atoms with Crippen molar-refractivity contribution >= 4 is 45.0 Å². The van der Waals surface area contributed by atoms with E-state index in [1.807, 2.05) is 16.0 Å². The predicted octanol–water partition coefficient (Wildman–Crippen LogP) is 2.59. The van der Waals surface area contributed by atoms with Gasteiger partial charge in [-0.25, -0.2) is 0 Å². The maximum Gasteiger partial charge on any atom is 0.313 e. The van der Waals surface area contributed by atoms with E-state index in [-0.39, 0.29) is 5.75 Å². The average molecular weight is 378 g/mol. The molecular weight excluding hydrogens is 366 g/mol. The number of carboxylic acids is 1. The molecule has 2 aromatic heterocycles. The van der Waals surface area contributed by atoms with Crippen molar-refractivity contribution in [3.05, 3.63) is 15.2 Å². The molecule has 108 valence electrons. The maximum atomic E-state index is 10.7. The van der Waals surface area contributed by atoms with Crippen LogP contribution in [0.15, 0.2) is 20.4 Å². The molecule has 0 aliphatic rings. The van der Waals surface area contributed by atoms with E-state index >= 15 is 0 Å². The molecule has 2 rings (SSSR count). The molecule has 0 radical (unpaired) electrons. The summed E-state index contributed by atoms with van der Waals surface area (Å²) in [6, 6.07) is 1.96. The third-order valence-electron chi connectivity index (χ3n) is 2.39. The number of ether oxygens (including phenoxy) is 1. The predicted molar refractivity (Wildman–Crippen MR) is 81.3 cm³/mol. The number of rotatable bonds is 7. The van der Waals surface area contributed by atoms with E-state index in [1.54, 1.807) is 18.4 Å².